The molecule has 0 fully saturated rings. The molecule has 1 nitrogen and oxygen atoms in total. The van der Waals surface area contributed by atoms with Crippen molar-refractivity contribution in [1.82, 2.24) is 0 Å². The van der Waals surface area contributed by atoms with Gasteiger partial charge in [0.15, 0.2) is 0 Å². The molecular weight excluding hydrogens is 230 g/mol. The van der Waals surface area contributed by atoms with Crippen LogP contribution in [-0.4, -0.2) is 7.11 Å². The summed E-state index contributed by atoms with van der Waals surface area (Å²) in [5.74, 6) is 1.47. The van der Waals surface area contributed by atoms with Crippen molar-refractivity contribution >= 4 is 34.8 Å². The minimum Gasteiger partial charge on any atom is -0.496 e. The molecule has 4 heteroatoms. The third kappa shape index (κ3) is 2.43. The molecule has 1 rings (SSSR count). The molecule has 1 aromatic rings. The van der Waals surface area contributed by atoms with E-state index in [1.807, 2.05) is 0 Å². The van der Waals surface area contributed by atoms with Crippen LogP contribution in [0.3, 0.4) is 0 Å². The highest BCUT2D eigenvalue weighted by Gasteiger charge is 2.09. The largest absolute Gasteiger partial charge is 0.496 e. The lowest BCUT2D eigenvalue weighted by Crippen LogP contribution is -1.94. The molecule has 0 radical (unpaired) electrons. The summed E-state index contributed by atoms with van der Waals surface area (Å²) in [7, 11) is 1.59. The molecule has 0 unspecified atom stereocenters. The highest BCUT2D eigenvalue weighted by atomic mass is 35.5. The van der Waals surface area contributed by atoms with Crippen LogP contribution in [0.15, 0.2) is 12.1 Å². The van der Waals surface area contributed by atoms with Crippen LogP contribution in [0.2, 0.25) is 5.02 Å². The first-order valence-electron chi connectivity index (χ1n) is 3.70. The first-order chi connectivity index (χ1) is 6.22. The maximum Gasteiger partial charge on any atom is 0.127 e. The second-order valence-electron chi connectivity index (χ2n) is 2.52. The van der Waals surface area contributed by atoms with E-state index in [4.69, 9.17) is 39.5 Å². The molecule has 0 aliphatic carbocycles. The molecule has 1 aromatic carbocycles. The van der Waals surface area contributed by atoms with E-state index in [1.54, 1.807) is 19.2 Å². The number of methoxy groups -OCH3 is 1. The van der Waals surface area contributed by atoms with Crippen molar-refractivity contribution in [3.63, 3.8) is 0 Å². The molecule has 13 heavy (non-hydrogen) atoms. The number of rotatable bonds is 3. The standard InChI is InChI=1S/C9H9Cl3O/c1-13-9-6(4-10)2-8(12)3-7(9)5-11/h2-3H,4-5H2,1H3. The lowest BCUT2D eigenvalue weighted by Gasteiger charge is -2.10. The van der Waals surface area contributed by atoms with Gasteiger partial charge in [-0.15, -0.1) is 23.2 Å². The van der Waals surface area contributed by atoms with E-state index in [1.165, 1.54) is 0 Å². The first kappa shape index (κ1) is 11.0. The van der Waals surface area contributed by atoms with Crippen molar-refractivity contribution in [2.24, 2.45) is 0 Å². The lowest BCUT2D eigenvalue weighted by atomic mass is 10.1. The maximum absolute atomic E-state index is 5.86. The predicted molar refractivity (Wildman–Crippen MR) is 57.1 cm³/mol. The average molecular weight is 240 g/mol. The summed E-state index contributed by atoms with van der Waals surface area (Å²) in [5, 5.41) is 0.632. The Kier molecular flexibility index (Phi) is 4.17. The van der Waals surface area contributed by atoms with Crippen LogP contribution in [0.4, 0.5) is 0 Å². The van der Waals surface area contributed by atoms with Crippen molar-refractivity contribution in [3.8, 4) is 5.75 Å². The van der Waals surface area contributed by atoms with E-state index in [0.29, 0.717) is 16.8 Å². The SMILES string of the molecule is COc1c(CCl)cc(Cl)cc1CCl. The van der Waals surface area contributed by atoms with E-state index < -0.39 is 0 Å². The molecule has 0 atom stereocenters. The van der Waals surface area contributed by atoms with Gasteiger partial charge in [0.2, 0.25) is 0 Å². The lowest BCUT2D eigenvalue weighted by molar-refractivity contribution is 0.407. The van der Waals surface area contributed by atoms with Gasteiger partial charge in [0, 0.05) is 16.1 Å². The van der Waals surface area contributed by atoms with Crippen molar-refractivity contribution < 1.29 is 4.74 Å². The van der Waals surface area contributed by atoms with Gasteiger partial charge in [-0.05, 0) is 12.1 Å². The van der Waals surface area contributed by atoms with Gasteiger partial charge in [0.1, 0.15) is 5.75 Å². The summed E-state index contributed by atoms with van der Waals surface area (Å²) in [6.07, 6.45) is 0. The quantitative estimate of drug-likeness (QED) is 0.729. The van der Waals surface area contributed by atoms with E-state index in [2.05, 4.69) is 0 Å². The second-order valence-corrected chi connectivity index (χ2v) is 3.50. The molecular formula is C9H9Cl3O. The van der Waals surface area contributed by atoms with Crippen LogP contribution in [0, 0.1) is 0 Å². The minimum atomic E-state index is 0.369. The van der Waals surface area contributed by atoms with E-state index in [-0.39, 0.29) is 0 Å². The van der Waals surface area contributed by atoms with Crippen LogP contribution in [-0.2, 0) is 11.8 Å². The Morgan fingerprint density at radius 1 is 1.15 bits per heavy atom. The average Bonchev–Trinajstić information content (AvgIpc) is 2.16. The molecule has 72 valence electrons. The fourth-order valence-corrected chi connectivity index (χ4v) is 1.83. The zero-order chi connectivity index (χ0) is 9.84. The van der Waals surface area contributed by atoms with Gasteiger partial charge in [-0.1, -0.05) is 11.6 Å². The maximum atomic E-state index is 5.86. The number of benzene rings is 1. The molecule has 0 N–H and O–H groups in total. The second kappa shape index (κ2) is 4.94. The Hall–Kier alpha value is -0.110. The summed E-state index contributed by atoms with van der Waals surface area (Å²) >= 11 is 17.3. The van der Waals surface area contributed by atoms with E-state index >= 15 is 0 Å². The van der Waals surface area contributed by atoms with Gasteiger partial charge in [-0.2, -0.15) is 0 Å². The summed E-state index contributed by atoms with van der Waals surface area (Å²) in [5.41, 5.74) is 1.74. The molecule has 0 aliphatic heterocycles. The third-order valence-electron chi connectivity index (χ3n) is 1.70. The Morgan fingerprint density at radius 2 is 1.62 bits per heavy atom. The Balaban J connectivity index is 3.25. The van der Waals surface area contributed by atoms with E-state index in [9.17, 15) is 0 Å². The van der Waals surface area contributed by atoms with Crippen LogP contribution >= 0.6 is 34.8 Å². The normalized spacial score (nSPS) is 10.2. The predicted octanol–water partition coefficient (Wildman–Crippen LogP) is 3.83. The molecule has 0 aromatic heterocycles. The molecule has 0 bridgehead atoms. The van der Waals surface area contributed by atoms with Gasteiger partial charge < -0.3 is 4.74 Å². The number of hydrogen-bond donors (Lipinski definition) is 0. The molecule has 0 saturated heterocycles. The molecule has 0 saturated carbocycles. The third-order valence-corrected chi connectivity index (χ3v) is 2.49. The van der Waals surface area contributed by atoms with Gasteiger partial charge >= 0.3 is 0 Å². The van der Waals surface area contributed by atoms with Crippen molar-refractivity contribution in [2.45, 2.75) is 11.8 Å². The number of ether oxygens (including phenoxy) is 1. The molecule has 0 amide bonds. The van der Waals surface area contributed by atoms with Gasteiger partial charge in [0.25, 0.3) is 0 Å². The topological polar surface area (TPSA) is 9.23 Å². The Morgan fingerprint density at radius 3 is 1.92 bits per heavy atom. The molecule has 0 aliphatic rings. The zero-order valence-electron chi connectivity index (χ0n) is 7.11. The van der Waals surface area contributed by atoms with Gasteiger partial charge in [0.05, 0.1) is 18.9 Å². The van der Waals surface area contributed by atoms with Gasteiger partial charge in [-0.3, -0.25) is 0 Å². The highest BCUT2D eigenvalue weighted by Crippen LogP contribution is 2.30. The van der Waals surface area contributed by atoms with E-state index in [0.717, 1.165) is 16.9 Å². The monoisotopic (exact) mass is 238 g/mol. The molecule has 0 heterocycles. The Bertz CT molecular complexity index is 274. The summed E-state index contributed by atoms with van der Waals surface area (Å²) < 4.78 is 5.19. The summed E-state index contributed by atoms with van der Waals surface area (Å²) in [4.78, 5) is 0. The van der Waals surface area contributed by atoms with Crippen LogP contribution in [0.5, 0.6) is 5.75 Å². The zero-order valence-corrected chi connectivity index (χ0v) is 9.38. The highest BCUT2D eigenvalue weighted by molar-refractivity contribution is 6.31. The molecule has 0 spiro atoms. The van der Waals surface area contributed by atoms with Crippen LogP contribution in [0.25, 0.3) is 0 Å². The fourth-order valence-electron chi connectivity index (χ4n) is 1.17. The van der Waals surface area contributed by atoms with Gasteiger partial charge in [-0.25, -0.2) is 0 Å². The van der Waals surface area contributed by atoms with Crippen LogP contribution in [0.1, 0.15) is 11.1 Å². The van der Waals surface area contributed by atoms with Crippen LogP contribution < -0.4 is 4.74 Å². The van der Waals surface area contributed by atoms with Crippen molar-refractivity contribution in [3.05, 3.63) is 28.3 Å². The van der Waals surface area contributed by atoms with Crippen molar-refractivity contribution in [2.75, 3.05) is 7.11 Å². The first-order valence-corrected chi connectivity index (χ1v) is 5.14. The number of halogens is 3. The summed E-state index contributed by atoms with van der Waals surface area (Å²) in [6.45, 7) is 0. The van der Waals surface area contributed by atoms with Crippen molar-refractivity contribution in [1.29, 1.82) is 0 Å². The number of alkyl halides is 2. The summed E-state index contributed by atoms with van der Waals surface area (Å²) in [6, 6.07) is 3.56. The Labute approximate surface area is 92.5 Å². The smallest absolute Gasteiger partial charge is 0.127 e. The fraction of sp³-hybridized carbons (Fsp3) is 0.333. The minimum absolute atomic E-state index is 0.369. The number of hydrogen-bond acceptors (Lipinski definition) is 1.